The van der Waals surface area contributed by atoms with Crippen LogP contribution in [0.15, 0.2) is 41.7 Å². The lowest BCUT2D eigenvalue weighted by Crippen LogP contribution is -2.41. The van der Waals surface area contributed by atoms with Gasteiger partial charge in [-0.25, -0.2) is 4.98 Å². The van der Waals surface area contributed by atoms with Crippen LogP contribution in [0.25, 0.3) is 5.52 Å². The average Bonchev–Trinajstić information content (AvgIpc) is 3.16. The topological polar surface area (TPSA) is 93.4 Å². The standard InChI is InChI=1S/C22H23N3O5S/c1-29-17-10-13-7-9-24(16(12-19(26)27)14(13)11-18(17)30-2)21(28)20-15-6-4-5-8-25(15)22(23-20)31-3/h4-6,8,10-11,16H,7,9,12H2,1-3H3,(H,26,27). The van der Waals surface area contributed by atoms with Crippen molar-refractivity contribution in [3.8, 4) is 11.5 Å². The summed E-state index contributed by atoms with van der Waals surface area (Å²) < 4.78 is 12.7. The summed E-state index contributed by atoms with van der Waals surface area (Å²) in [6.45, 7) is 0.389. The molecule has 1 amide bonds. The van der Waals surface area contributed by atoms with Crippen LogP contribution in [0, 0.1) is 0 Å². The average molecular weight is 442 g/mol. The second kappa shape index (κ2) is 8.50. The van der Waals surface area contributed by atoms with E-state index in [-0.39, 0.29) is 12.3 Å². The molecule has 1 unspecified atom stereocenters. The lowest BCUT2D eigenvalue weighted by atomic mass is 9.89. The smallest absolute Gasteiger partial charge is 0.305 e. The lowest BCUT2D eigenvalue weighted by molar-refractivity contribution is -0.138. The summed E-state index contributed by atoms with van der Waals surface area (Å²) in [5.74, 6) is -0.177. The van der Waals surface area contributed by atoms with E-state index >= 15 is 0 Å². The zero-order valence-corrected chi connectivity index (χ0v) is 18.3. The summed E-state index contributed by atoms with van der Waals surface area (Å²) in [4.78, 5) is 31.5. The number of carboxylic acid groups (broad SMARTS) is 1. The van der Waals surface area contributed by atoms with Gasteiger partial charge in [0.05, 0.1) is 32.2 Å². The molecule has 8 nitrogen and oxygen atoms in total. The number of nitrogens with zero attached hydrogens (tertiary/aromatic N) is 3. The Kier molecular flexibility index (Phi) is 5.77. The molecule has 1 atom stereocenters. The summed E-state index contributed by atoms with van der Waals surface area (Å²) in [6.07, 6.45) is 4.14. The van der Waals surface area contributed by atoms with Crippen molar-refractivity contribution in [2.75, 3.05) is 27.0 Å². The number of hydrogen-bond donors (Lipinski definition) is 1. The van der Waals surface area contributed by atoms with E-state index in [1.54, 1.807) is 18.1 Å². The molecule has 1 aliphatic heterocycles. The highest BCUT2D eigenvalue weighted by Gasteiger charge is 2.35. The number of aliphatic carboxylic acids is 1. The van der Waals surface area contributed by atoms with Gasteiger partial charge in [-0.15, -0.1) is 0 Å². The number of imidazole rings is 1. The van der Waals surface area contributed by atoms with Crippen molar-refractivity contribution in [2.45, 2.75) is 24.0 Å². The number of fused-ring (bicyclic) bond motifs is 2. The van der Waals surface area contributed by atoms with E-state index in [9.17, 15) is 14.7 Å². The Balaban J connectivity index is 1.80. The van der Waals surface area contributed by atoms with Crippen LogP contribution in [0.4, 0.5) is 0 Å². The molecule has 2 aromatic heterocycles. The Hall–Kier alpha value is -3.20. The van der Waals surface area contributed by atoms with Gasteiger partial charge in [-0.2, -0.15) is 0 Å². The number of pyridine rings is 1. The first-order valence-electron chi connectivity index (χ1n) is 9.77. The van der Waals surface area contributed by atoms with Crippen LogP contribution in [0.5, 0.6) is 11.5 Å². The molecule has 0 bridgehead atoms. The molecule has 9 heteroatoms. The van der Waals surface area contributed by atoms with Crippen molar-refractivity contribution in [1.29, 1.82) is 0 Å². The van der Waals surface area contributed by atoms with E-state index in [2.05, 4.69) is 4.98 Å². The maximum absolute atomic E-state index is 13.6. The van der Waals surface area contributed by atoms with Crippen LogP contribution in [0.1, 0.15) is 34.1 Å². The van der Waals surface area contributed by atoms with E-state index in [4.69, 9.17) is 9.47 Å². The summed E-state index contributed by atoms with van der Waals surface area (Å²) in [5, 5.41) is 10.3. The molecule has 0 saturated carbocycles. The van der Waals surface area contributed by atoms with Gasteiger partial charge in [-0.3, -0.25) is 14.0 Å². The fourth-order valence-corrected chi connectivity index (χ4v) is 4.64. The van der Waals surface area contributed by atoms with Crippen LogP contribution >= 0.6 is 11.8 Å². The van der Waals surface area contributed by atoms with Gasteiger partial charge < -0.3 is 19.5 Å². The van der Waals surface area contributed by atoms with Gasteiger partial charge in [0, 0.05) is 12.7 Å². The van der Waals surface area contributed by atoms with Gasteiger partial charge in [0.15, 0.2) is 22.3 Å². The van der Waals surface area contributed by atoms with Crippen LogP contribution in [-0.4, -0.2) is 58.3 Å². The number of carbonyl (C=O) groups is 2. The third-order valence-electron chi connectivity index (χ3n) is 5.53. The molecule has 1 N–H and O–H groups in total. The molecule has 0 aliphatic carbocycles. The number of amides is 1. The lowest BCUT2D eigenvalue weighted by Gasteiger charge is -2.36. The number of aromatic nitrogens is 2. The molecule has 0 spiro atoms. The third-order valence-corrected chi connectivity index (χ3v) is 6.19. The van der Waals surface area contributed by atoms with E-state index in [0.29, 0.717) is 40.8 Å². The Morgan fingerprint density at radius 2 is 1.97 bits per heavy atom. The Morgan fingerprint density at radius 3 is 2.65 bits per heavy atom. The normalized spacial score (nSPS) is 15.6. The zero-order valence-electron chi connectivity index (χ0n) is 17.5. The second-order valence-corrected chi connectivity index (χ2v) is 7.94. The molecule has 1 aliphatic rings. The maximum Gasteiger partial charge on any atom is 0.305 e. The Labute approximate surface area is 183 Å². The predicted molar refractivity (Wildman–Crippen MR) is 116 cm³/mol. The first-order chi connectivity index (χ1) is 15.0. The number of methoxy groups -OCH3 is 2. The first kappa shape index (κ1) is 21.0. The zero-order chi connectivity index (χ0) is 22.1. The van der Waals surface area contributed by atoms with Gasteiger partial charge >= 0.3 is 5.97 Å². The molecule has 0 saturated heterocycles. The largest absolute Gasteiger partial charge is 0.493 e. The van der Waals surface area contributed by atoms with Crippen molar-refractivity contribution < 1.29 is 24.2 Å². The monoisotopic (exact) mass is 441 g/mol. The predicted octanol–water partition coefficient (Wildman–Crippen LogP) is 3.29. The van der Waals surface area contributed by atoms with Crippen molar-refractivity contribution in [3.63, 3.8) is 0 Å². The van der Waals surface area contributed by atoms with Gasteiger partial charge in [-0.05, 0) is 48.1 Å². The summed E-state index contributed by atoms with van der Waals surface area (Å²) >= 11 is 1.45. The summed E-state index contributed by atoms with van der Waals surface area (Å²) in [5.41, 5.74) is 2.73. The van der Waals surface area contributed by atoms with Crippen LogP contribution in [0.2, 0.25) is 0 Å². The number of ether oxygens (including phenoxy) is 2. The number of carboxylic acids is 1. The summed E-state index contributed by atoms with van der Waals surface area (Å²) in [6, 6.07) is 8.59. The molecule has 3 heterocycles. The fourth-order valence-electron chi connectivity index (χ4n) is 4.10. The highest BCUT2D eigenvalue weighted by Crippen LogP contribution is 2.40. The molecule has 0 fully saturated rings. The van der Waals surface area contributed by atoms with Gasteiger partial charge in [0.1, 0.15) is 0 Å². The number of rotatable bonds is 6. The minimum absolute atomic E-state index is 0.213. The van der Waals surface area contributed by atoms with Crippen molar-refractivity contribution in [1.82, 2.24) is 14.3 Å². The summed E-state index contributed by atoms with van der Waals surface area (Å²) in [7, 11) is 3.09. The quantitative estimate of drug-likeness (QED) is 0.587. The molecule has 0 radical (unpaired) electrons. The highest BCUT2D eigenvalue weighted by atomic mass is 32.2. The Bertz CT molecular complexity index is 1160. The highest BCUT2D eigenvalue weighted by molar-refractivity contribution is 7.98. The third kappa shape index (κ3) is 3.69. The van der Waals surface area contributed by atoms with Gasteiger partial charge in [-0.1, -0.05) is 17.8 Å². The molecular formula is C22H23N3O5S. The van der Waals surface area contributed by atoms with E-state index in [1.807, 2.05) is 41.1 Å². The van der Waals surface area contributed by atoms with Crippen LogP contribution < -0.4 is 9.47 Å². The number of thioether (sulfide) groups is 1. The SMILES string of the molecule is COc1cc2c(cc1OC)C(CC(=O)O)N(C(=O)c1nc(SC)n3ccccc13)CC2. The van der Waals surface area contributed by atoms with E-state index < -0.39 is 12.0 Å². The fraction of sp³-hybridized carbons (Fsp3) is 0.318. The molecule has 1 aromatic carbocycles. The first-order valence-corrected chi connectivity index (χ1v) is 11.0. The van der Waals surface area contributed by atoms with E-state index in [1.165, 1.54) is 18.9 Å². The molecule has 162 valence electrons. The Morgan fingerprint density at radius 1 is 1.23 bits per heavy atom. The number of benzene rings is 1. The maximum atomic E-state index is 13.6. The number of carbonyl (C=O) groups excluding carboxylic acids is 1. The van der Waals surface area contributed by atoms with Crippen molar-refractivity contribution in [3.05, 3.63) is 53.3 Å². The van der Waals surface area contributed by atoms with Crippen molar-refractivity contribution >= 4 is 29.2 Å². The van der Waals surface area contributed by atoms with Gasteiger partial charge in [0.2, 0.25) is 0 Å². The molecule has 31 heavy (non-hydrogen) atoms. The molecule has 4 rings (SSSR count). The van der Waals surface area contributed by atoms with Gasteiger partial charge in [0.25, 0.3) is 5.91 Å². The molecule has 3 aromatic rings. The van der Waals surface area contributed by atoms with Crippen LogP contribution in [-0.2, 0) is 11.2 Å². The minimum atomic E-state index is -0.982. The minimum Gasteiger partial charge on any atom is -0.493 e. The van der Waals surface area contributed by atoms with Crippen molar-refractivity contribution in [2.24, 2.45) is 0 Å². The van der Waals surface area contributed by atoms with Crippen LogP contribution in [0.3, 0.4) is 0 Å². The molecular weight excluding hydrogens is 418 g/mol. The van der Waals surface area contributed by atoms with E-state index in [0.717, 1.165) is 11.1 Å². The second-order valence-electron chi connectivity index (χ2n) is 7.17. The number of hydrogen-bond acceptors (Lipinski definition) is 6.